The van der Waals surface area contributed by atoms with E-state index in [0.29, 0.717) is 17.9 Å². The van der Waals surface area contributed by atoms with E-state index in [2.05, 4.69) is 16.0 Å². The molecular weight excluding hydrogens is 220 g/mol. The molecule has 86 valence electrons. The maximum absolute atomic E-state index is 11.2. The molecule has 1 aliphatic rings. The van der Waals surface area contributed by atoms with Gasteiger partial charge in [-0.05, 0) is 17.7 Å². The van der Waals surface area contributed by atoms with E-state index in [-0.39, 0.29) is 18.4 Å². The van der Waals surface area contributed by atoms with Gasteiger partial charge in [0.25, 0.3) is 0 Å². The number of amides is 3. The first-order valence-electron chi connectivity index (χ1n) is 5.03. The fourth-order valence-electron chi connectivity index (χ4n) is 1.54. The highest BCUT2D eigenvalue weighted by Gasteiger charge is 2.14. The van der Waals surface area contributed by atoms with Crippen molar-refractivity contribution in [1.82, 2.24) is 5.32 Å². The van der Waals surface area contributed by atoms with E-state index in [1.165, 1.54) is 0 Å². The van der Waals surface area contributed by atoms with Crippen LogP contribution < -0.4 is 16.0 Å². The summed E-state index contributed by atoms with van der Waals surface area (Å²) in [5.41, 5.74) is 2.18. The minimum atomic E-state index is -0.368. The average Bonchev–Trinajstić information content (AvgIpc) is 2.28. The number of rotatable bonds is 2. The molecule has 0 radical (unpaired) electrons. The summed E-state index contributed by atoms with van der Waals surface area (Å²) in [4.78, 5) is 22.3. The number of nitriles is 1. The van der Waals surface area contributed by atoms with Gasteiger partial charge in [0.05, 0.1) is 6.07 Å². The maximum atomic E-state index is 11.2. The smallest absolute Gasteiger partial charge is 0.319 e. The fourth-order valence-corrected chi connectivity index (χ4v) is 1.54. The van der Waals surface area contributed by atoms with Gasteiger partial charge >= 0.3 is 6.03 Å². The first-order chi connectivity index (χ1) is 8.19. The number of urea groups is 1. The summed E-state index contributed by atoms with van der Waals surface area (Å²) in [5, 5.41) is 16.2. The molecule has 1 aliphatic heterocycles. The molecule has 3 N–H and O–H groups in total. The van der Waals surface area contributed by atoms with Crippen LogP contribution in [0.1, 0.15) is 12.0 Å². The van der Waals surface area contributed by atoms with Crippen molar-refractivity contribution in [2.75, 3.05) is 10.6 Å². The number of hydrogen-bond donors (Lipinski definition) is 3. The molecule has 0 unspecified atom stereocenters. The summed E-state index contributed by atoms with van der Waals surface area (Å²) in [6.45, 7) is 0.466. The Morgan fingerprint density at radius 1 is 1.53 bits per heavy atom. The minimum Gasteiger partial charge on any atom is -0.334 e. The van der Waals surface area contributed by atoms with Gasteiger partial charge in [-0.15, -0.1) is 0 Å². The van der Waals surface area contributed by atoms with Crippen LogP contribution in [0.5, 0.6) is 0 Å². The van der Waals surface area contributed by atoms with Crippen molar-refractivity contribution in [1.29, 1.82) is 5.26 Å². The Kier molecular flexibility index (Phi) is 2.92. The predicted octanol–water partition coefficient (Wildman–Crippen LogP) is 1.17. The van der Waals surface area contributed by atoms with Crippen LogP contribution in [0.3, 0.4) is 0 Å². The molecule has 0 bridgehead atoms. The Morgan fingerprint density at radius 2 is 2.35 bits per heavy atom. The highest BCUT2D eigenvalue weighted by molar-refractivity contribution is 5.95. The molecule has 6 heteroatoms. The lowest BCUT2D eigenvalue weighted by Crippen LogP contribution is -2.33. The van der Waals surface area contributed by atoms with Crippen LogP contribution in [0, 0.1) is 11.3 Å². The summed E-state index contributed by atoms with van der Waals surface area (Å²) >= 11 is 0. The molecule has 0 atom stereocenters. The number of hydrogen-bond acceptors (Lipinski definition) is 3. The third kappa shape index (κ3) is 2.52. The molecule has 2 rings (SSSR count). The van der Waals surface area contributed by atoms with Gasteiger partial charge in [-0.2, -0.15) is 5.26 Å². The van der Waals surface area contributed by atoms with E-state index in [1.807, 2.05) is 6.07 Å². The molecule has 0 saturated heterocycles. The van der Waals surface area contributed by atoms with Crippen LogP contribution in [0.2, 0.25) is 0 Å². The summed E-state index contributed by atoms with van der Waals surface area (Å²) < 4.78 is 0. The Morgan fingerprint density at radius 3 is 3.12 bits per heavy atom. The largest absolute Gasteiger partial charge is 0.334 e. The second-order valence-corrected chi connectivity index (χ2v) is 3.56. The van der Waals surface area contributed by atoms with Crippen molar-refractivity contribution in [2.45, 2.75) is 13.0 Å². The number of anilines is 2. The molecule has 3 amide bonds. The van der Waals surface area contributed by atoms with Crippen LogP contribution in [0.15, 0.2) is 18.2 Å². The molecular formula is C11H10N4O2. The molecule has 0 aliphatic carbocycles. The number of fused-ring (bicyclic) bond motifs is 1. The fraction of sp³-hybridized carbons (Fsp3) is 0.182. The molecule has 0 saturated carbocycles. The van der Waals surface area contributed by atoms with E-state index in [0.717, 1.165) is 5.56 Å². The Hall–Kier alpha value is -2.55. The second-order valence-electron chi connectivity index (χ2n) is 3.56. The normalized spacial score (nSPS) is 12.8. The van der Waals surface area contributed by atoms with Crippen LogP contribution >= 0.6 is 0 Å². The zero-order valence-corrected chi connectivity index (χ0v) is 8.91. The molecule has 1 aromatic rings. The number of benzene rings is 1. The average molecular weight is 230 g/mol. The van der Waals surface area contributed by atoms with E-state index in [1.54, 1.807) is 18.2 Å². The van der Waals surface area contributed by atoms with Crippen LogP contribution in [-0.4, -0.2) is 11.9 Å². The third-order valence-corrected chi connectivity index (χ3v) is 2.32. The third-order valence-electron chi connectivity index (χ3n) is 2.32. The summed E-state index contributed by atoms with van der Waals surface area (Å²) in [6, 6.07) is 6.71. The summed E-state index contributed by atoms with van der Waals surface area (Å²) in [5.74, 6) is -0.368. The van der Waals surface area contributed by atoms with E-state index >= 15 is 0 Å². The molecule has 1 heterocycles. The van der Waals surface area contributed by atoms with E-state index in [4.69, 9.17) is 5.26 Å². The molecule has 6 nitrogen and oxygen atoms in total. The van der Waals surface area contributed by atoms with Crippen LogP contribution in [-0.2, 0) is 11.3 Å². The zero-order valence-electron chi connectivity index (χ0n) is 8.91. The predicted molar refractivity (Wildman–Crippen MR) is 61.2 cm³/mol. The van der Waals surface area contributed by atoms with Gasteiger partial charge in [0.15, 0.2) is 0 Å². The lowest BCUT2D eigenvalue weighted by molar-refractivity contribution is -0.115. The van der Waals surface area contributed by atoms with Gasteiger partial charge in [0, 0.05) is 17.9 Å². The number of carbonyl (C=O) groups is 2. The van der Waals surface area contributed by atoms with Crippen LogP contribution in [0.4, 0.5) is 16.2 Å². The zero-order chi connectivity index (χ0) is 12.3. The Balaban J connectivity index is 2.16. The molecule has 1 aromatic carbocycles. The van der Waals surface area contributed by atoms with E-state index < -0.39 is 0 Å². The van der Waals surface area contributed by atoms with Crippen molar-refractivity contribution in [3.8, 4) is 6.07 Å². The van der Waals surface area contributed by atoms with Crippen molar-refractivity contribution in [3.63, 3.8) is 0 Å². The number of nitrogens with zero attached hydrogens (tertiary/aromatic N) is 1. The number of nitrogens with one attached hydrogen (secondary N) is 3. The van der Waals surface area contributed by atoms with Gasteiger partial charge in [-0.3, -0.25) is 4.79 Å². The van der Waals surface area contributed by atoms with Gasteiger partial charge < -0.3 is 16.0 Å². The van der Waals surface area contributed by atoms with Crippen molar-refractivity contribution >= 4 is 23.3 Å². The topological polar surface area (TPSA) is 94.0 Å². The van der Waals surface area contributed by atoms with Crippen molar-refractivity contribution in [2.24, 2.45) is 0 Å². The van der Waals surface area contributed by atoms with E-state index in [9.17, 15) is 9.59 Å². The maximum Gasteiger partial charge on any atom is 0.319 e. The second kappa shape index (κ2) is 4.53. The molecule has 0 fully saturated rings. The van der Waals surface area contributed by atoms with Crippen molar-refractivity contribution in [3.05, 3.63) is 23.8 Å². The standard InChI is InChI=1S/C11H10N4O2/c12-4-3-10(16)14-8-2-1-7-6-13-11(17)15-9(7)5-8/h1-2,5H,3,6H2,(H,14,16)(H2,13,15,17). The first kappa shape index (κ1) is 11.0. The lowest BCUT2D eigenvalue weighted by atomic mass is 10.1. The summed E-state index contributed by atoms with van der Waals surface area (Å²) in [6.07, 6.45) is -0.189. The minimum absolute atomic E-state index is 0.189. The Bertz CT molecular complexity index is 519. The van der Waals surface area contributed by atoms with Gasteiger partial charge in [0.2, 0.25) is 5.91 Å². The van der Waals surface area contributed by atoms with Gasteiger partial charge in [0.1, 0.15) is 6.42 Å². The van der Waals surface area contributed by atoms with Crippen LogP contribution in [0.25, 0.3) is 0 Å². The van der Waals surface area contributed by atoms with Crippen molar-refractivity contribution < 1.29 is 9.59 Å². The molecule has 0 aromatic heterocycles. The van der Waals surface area contributed by atoms with Gasteiger partial charge in [-0.25, -0.2) is 4.79 Å². The first-order valence-corrected chi connectivity index (χ1v) is 5.03. The lowest BCUT2D eigenvalue weighted by Gasteiger charge is -2.18. The highest BCUT2D eigenvalue weighted by atomic mass is 16.2. The summed E-state index contributed by atoms with van der Waals surface area (Å²) in [7, 11) is 0. The SMILES string of the molecule is N#CCC(=O)Nc1ccc2c(c1)NC(=O)NC2. The number of carbonyl (C=O) groups excluding carboxylic acids is 2. The van der Waals surface area contributed by atoms with Gasteiger partial charge in [-0.1, -0.05) is 6.07 Å². The molecule has 0 spiro atoms. The monoisotopic (exact) mass is 230 g/mol. The Labute approximate surface area is 97.6 Å². The quantitative estimate of drug-likeness (QED) is 0.711. The highest BCUT2D eigenvalue weighted by Crippen LogP contribution is 2.23. The molecule has 17 heavy (non-hydrogen) atoms.